The third kappa shape index (κ3) is 2.92. The second-order valence-electron chi connectivity index (χ2n) is 2.28. The summed E-state index contributed by atoms with van der Waals surface area (Å²) < 4.78 is 30.5. The van der Waals surface area contributed by atoms with Crippen LogP contribution in [0.25, 0.3) is 0 Å². The molecule has 13 heavy (non-hydrogen) atoms. The summed E-state index contributed by atoms with van der Waals surface area (Å²) in [5.41, 5.74) is 0.0379. The Morgan fingerprint density at radius 1 is 1.31 bits per heavy atom. The normalized spacial score (nSPS) is 9.15. The third-order valence-electron chi connectivity index (χ3n) is 1.43. The number of benzene rings is 1. The Kier molecular flexibility index (Phi) is 5.49. The van der Waals surface area contributed by atoms with E-state index in [1.54, 1.807) is 6.92 Å². The minimum atomic E-state index is -0.968. The molecule has 0 bridgehead atoms. The van der Waals surface area contributed by atoms with Crippen molar-refractivity contribution in [2.24, 2.45) is 0 Å². The van der Waals surface area contributed by atoms with Gasteiger partial charge in [-0.05, 0) is 6.92 Å². The summed E-state index contributed by atoms with van der Waals surface area (Å²) in [5, 5.41) is 0. The van der Waals surface area contributed by atoms with Gasteiger partial charge in [-0.15, -0.1) is 0 Å². The largest absolute Gasteiger partial charge is 0.493 e. The Bertz CT molecular complexity index is 289. The second-order valence-corrected chi connectivity index (χ2v) is 2.28. The Morgan fingerprint density at radius 3 is 2.46 bits per heavy atom. The number of hydrogen-bond acceptors (Lipinski definition) is 1. The summed E-state index contributed by atoms with van der Waals surface area (Å²) >= 11 is 0. The second kappa shape index (κ2) is 5.56. The summed E-state index contributed by atoms with van der Waals surface area (Å²) in [6.45, 7) is 5.33. The summed E-state index contributed by atoms with van der Waals surface area (Å²) in [5.74, 6) is -1.98. The van der Waals surface area contributed by atoms with Crippen LogP contribution in [-0.2, 0) is 32.7 Å². The first-order chi connectivity index (χ1) is 5.66. The van der Waals surface area contributed by atoms with Gasteiger partial charge in [-0.2, -0.15) is 18.6 Å². The first kappa shape index (κ1) is 12.9. The molecule has 0 atom stereocenters. The number of halogens is 2. The SMILES string of the molecule is [CH2-]c1ccc(OCC)c(F)c1F.[Y]. The van der Waals surface area contributed by atoms with E-state index in [1.165, 1.54) is 12.1 Å². The molecule has 0 saturated heterocycles. The predicted molar refractivity (Wildman–Crippen MR) is 42.0 cm³/mol. The van der Waals surface area contributed by atoms with Crippen molar-refractivity contribution in [1.82, 2.24) is 0 Å². The minimum Gasteiger partial charge on any atom is -0.493 e. The molecular weight excluding hydrogens is 251 g/mol. The van der Waals surface area contributed by atoms with E-state index in [0.717, 1.165) is 0 Å². The van der Waals surface area contributed by atoms with Crippen molar-refractivity contribution in [2.75, 3.05) is 6.61 Å². The Balaban J connectivity index is 0.00000144. The molecule has 0 N–H and O–H groups in total. The Morgan fingerprint density at radius 2 is 1.92 bits per heavy atom. The molecule has 0 spiro atoms. The zero-order valence-electron chi connectivity index (χ0n) is 7.31. The number of hydrogen-bond donors (Lipinski definition) is 0. The fraction of sp³-hybridized carbons (Fsp3) is 0.222. The third-order valence-corrected chi connectivity index (χ3v) is 1.43. The molecule has 0 amide bonds. The van der Waals surface area contributed by atoms with Gasteiger partial charge in [0.25, 0.3) is 0 Å². The molecule has 0 aliphatic carbocycles. The molecule has 0 aromatic heterocycles. The van der Waals surface area contributed by atoms with Crippen LogP contribution < -0.4 is 4.74 Å². The molecule has 0 aliphatic heterocycles. The van der Waals surface area contributed by atoms with E-state index in [4.69, 9.17) is 4.74 Å². The van der Waals surface area contributed by atoms with E-state index in [9.17, 15) is 8.78 Å². The Hall–Kier alpha value is -0.146. The topological polar surface area (TPSA) is 9.23 Å². The summed E-state index contributed by atoms with van der Waals surface area (Å²) in [6.07, 6.45) is 0. The molecule has 1 radical (unpaired) electrons. The summed E-state index contributed by atoms with van der Waals surface area (Å²) in [7, 11) is 0. The van der Waals surface area contributed by atoms with Crippen molar-refractivity contribution in [2.45, 2.75) is 6.92 Å². The molecule has 1 aromatic carbocycles. The van der Waals surface area contributed by atoms with Gasteiger partial charge in [-0.1, -0.05) is 6.07 Å². The Labute approximate surface area is 101 Å². The minimum absolute atomic E-state index is 0. The van der Waals surface area contributed by atoms with Gasteiger partial charge < -0.3 is 4.74 Å². The number of ether oxygens (including phenoxy) is 1. The van der Waals surface area contributed by atoms with E-state index in [1.807, 2.05) is 0 Å². The first-order valence-corrected chi connectivity index (χ1v) is 3.59. The summed E-state index contributed by atoms with van der Waals surface area (Å²) in [4.78, 5) is 0. The zero-order chi connectivity index (χ0) is 9.14. The molecule has 0 fully saturated rings. The smallest absolute Gasteiger partial charge is 0.144 e. The maximum absolute atomic E-state index is 12.9. The van der Waals surface area contributed by atoms with Crippen molar-refractivity contribution >= 4 is 0 Å². The van der Waals surface area contributed by atoms with E-state index in [0.29, 0.717) is 6.61 Å². The molecule has 1 rings (SSSR count). The van der Waals surface area contributed by atoms with E-state index in [-0.39, 0.29) is 44.0 Å². The van der Waals surface area contributed by atoms with Gasteiger partial charge in [0.15, 0.2) is 0 Å². The van der Waals surface area contributed by atoms with Crippen LogP contribution in [0.1, 0.15) is 12.5 Å². The zero-order valence-corrected chi connectivity index (χ0v) is 10.1. The van der Waals surface area contributed by atoms with Crippen LogP contribution in [0.5, 0.6) is 5.75 Å². The average Bonchev–Trinajstić information content (AvgIpc) is 2.07. The first-order valence-electron chi connectivity index (χ1n) is 3.59. The van der Waals surface area contributed by atoms with Crippen molar-refractivity contribution < 1.29 is 46.2 Å². The van der Waals surface area contributed by atoms with Crippen LogP contribution in [0.3, 0.4) is 0 Å². The quantitative estimate of drug-likeness (QED) is 0.742. The van der Waals surface area contributed by atoms with Crippen LogP contribution in [0, 0.1) is 18.6 Å². The van der Waals surface area contributed by atoms with Crippen LogP contribution >= 0.6 is 0 Å². The van der Waals surface area contributed by atoms with E-state index in [2.05, 4.69) is 6.92 Å². The van der Waals surface area contributed by atoms with Gasteiger partial charge in [0.05, 0.1) is 12.4 Å². The molecule has 1 nitrogen and oxygen atoms in total. The monoisotopic (exact) mass is 260 g/mol. The van der Waals surface area contributed by atoms with Gasteiger partial charge in [0.1, 0.15) is 11.6 Å². The standard InChI is InChI=1S/C9H9F2O.Y/c1-3-12-7-5-4-6(2)8(10)9(7)11;/h4-5H,2-3H2,1H3;/q-1;. The molecule has 69 valence electrons. The van der Waals surface area contributed by atoms with E-state index < -0.39 is 11.6 Å². The fourth-order valence-corrected chi connectivity index (χ4v) is 0.839. The van der Waals surface area contributed by atoms with Crippen LogP contribution in [0.2, 0.25) is 0 Å². The molecule has 4 heteroatoms. The van der Waals surface area contributed by atoms with Crippen LogP contribution in [-0.4, -0.2) is 6.61 Å². The average molecular weight is 260 g/mol. The molecule has 0 unspecified atom stereocenters. The van der Waals surface area contributed by atoms with Crippen LogP contribution in [0.15, 0.2) is 12.1 Å². The fourth-order valence-electron chi connectivity index (χ4n) is 0.839. The van der Waals surface area contributed by atoms with Gasteiger partial charge in [0, 0.05) is 32.7 Å². The van der Waals surface area contributed by atoms with Crippen molar-refractivity contribution in [3.8, 4) is 5.75 Å². The summed E-state index contributed by atoms with van der Waals surface area (Å²) in [6, 6.07) is 2.74. The maximum atomic E-state index is 12.9. The van der Waals surface area contributed by atoms with Gasteiger partial charge in [0.2, 0.25) is 0 Å². The molecule has 0 aliphatic rings. The van der Waals surface area contributed by atoms with Gasteiger partial charge in [-0.25, -0.2) is 4.39 Å². The van der Waals surface area contributed by atoms with Gasteiger partial charge in [-0.3, -0.25) is 4.39 Å². The maximum Gasteiger partial charge on any atom is 0.144 e. The molecule has 0 saturated carbocycles. The van der Waals surface area contributed by atoms with Crippen molar-refractivity contribution in [1.29, 1.82) is 0 Å². The van der Waals surface area contributed by atoms with Crippen molar-refractivity contribution in [3.05, 3.63) is 36.3 Å². The van der Waals surface area contributed by atoms with Crippen molar-refractivity contribution in [3.63, 3.8) is 0 Å². The van der Waals surface area contributed by atoms with E-state index >= 15 is 0 Å². The van der Waals surface area contributed by atoms with Crippen LogP contribution in [0.4, 0.5) is 8.78 Å². The predicted octanol–water partition coefficient (Wildman–Crippen LogP) is 2.54. The molecule has 0 heterocycles. The molecular formula is C9H9F2OY-. The number of rotatable bonds is 2. The van der Waals surface area contributed by atoms with Gasteiger partial charge >= 0.3 is 0 Å². The molecule has 1 aromatic rings.